The Morgan fingerprint density at radius 3 is 2.90 bits per heavy atom. The topological polar surface area (TPSA) is 29.5 Å². The van der Waals surface area contributed by atoms with Crippen LogP contribution >= 0.6 is 11.3 Å². The molecule has 0 fully saturated rings. The van der Waals surface area contributed by atoms with Crippen molar-refractivity contribution in [1.29, 1.82) is 0 Å². The highest BCUT2D eigenvalue weighted by Gasteiger charge is 2.32. The van der Waals surface area contributed by atoms with E-state index < -0.39 is 0 Å². The normalized spacial score (nSPS) is 16.3. The van der Waals surface area contributed by atoms with Crippen molar-refractivity contribution in [3.8, 4) is 0 Å². The van der Waals surface area contributed by atoms with Gasteiger partial charge >= 0.3 is 5.97 Å². The molecule has 3 nitrogen and oxygen atoms in total. The van der Waals surface area contributed by atoms with Crippen LogP contribution in [-0.4, -0.2) is 24.5 Å². The van der Waals surface area contributed by atoms with Crippen LogP contribution < -0.4 is 0 Å². The number of carbonyl (C=O) groups excluding carboxylic acids is 1. The minimum atomic E-state index is -0.316. The molecule has 21 heavy (non-hydrogen) atoms. The first-order valence-electron chi connectivity index (χ1n) is 7.13. The van der Waals surface area contributed by atoms with Crippen LogP contribution in [0.1, 0.15) is 27.6 Å². The number of hydrogen-bond donors (Lipinski definition) is 0. The lowest BCUT2D eigenvalue weighted by atomic mass is 9.97. The second kappa shape index (κ2) is 6.00. The average molecular weight is 301 g/mol. The highest BCUT2D eigenvalue weighted by Crippen LogP contribution is 2.32. The van der Waals surface area contributed by atoms with Gasteiger partial charge in [-0.2, -0.15) is 0 Å². The van der Waals surface area contributed by atoms with Gasteiger partial charge < -0.3 is 4.74 Å². The summed E-state index contributed by atoms with van der Waals surface area (Å²) in [4.78, 5) is 16.0. The van der Waals surface area contributed by atoms with Gasteiger partial charge in [-0.25, -0.2) is 4.79 Å². The van der Waals surface area contributed by atoms with Gasteiger partial charge in [0, 0.05) is 18.0 Å². The Labute approximate surface area is 129 Å². The number of ether oxygens (including phenoxy) is 1. The van der Waals surface area contributed by atoms with Crippen LogP contribution in [0.25, 0.3) is 0 Å². The molecule has 4 heteroatoms. The molecule has 2 aromatic rings. The summed E-state index contributed by atoms with van der Waals surface area (Å²) in [6.07, 6.45) is 1.01. The lowest BCUT2D eigenvalue weighted by molar-refractivity contribution is -0.147. The minimum absolute atomic E-state index is 0.178. The quantitative estimate of drug-likeness (QED) is 0.814. The van der Waals surface area contributed by atoms with Crippen LogP contribution in [0.15, 0.2) is 35.7 Å². The standard InChI is InChI=1S/C17H19NO2S/c1-12-5-3-4-6-14(12)16(17(19)20-2)18-9-7-15-13(11-18)8-10-21-15/h3-6,8,10,16H,7,9,11H2,1-2H3/t16-/m0/s1. The fourth-order valence-corrected chi connectivity index (χ4v) is 3.86. The molecule has 1 atom stereocenters. The molecule has 2 heterocycles. The monoisotopic (exact) mass is 301 g/mol. The Balaban J connectivity index is 1.94. The maximum atomic E-state index is 12.4. The Hall–Kier alpha value is -1.65. The second-order valence-electron chi connectivity index (χ2n) is 5.37. The van der Waals surface area contributed by atoms with Crippen LogP contribution in [0.2, 0.25) is 0 Å². The molecule has 0 radical (unpaired) electrons. The molecule has 1 aliphatic rings. The van der Waals surface area contributed by atoms with Crippen LogP contribution in [0.5, 0.6) is 0 Å². The predicted molar refractivity (Wildman–Crippen MR) is 84.4 cm³/mol. The molecular formula is C17H19NO2S. The minimum Gasteiger partial charge on any atom is -0.468 e. The van der Waals surface area contributed by atoms with Crippen molar-refractivity contribution in [2.75, 3.05) is 13.7 Å². The number of fused-ring (bicyclic) bond motifs is 1. The van der Waals surface area contributed by atoms with E-state index in [0.717, 1.165) is 30.6 Å². The Morgan fingerprint density at radius 2 is 2.14 bits per heavy atom. The first-order valence-corrected chi connectivity index (χ1v) is 8.01. The predicted octanol–water partition coefficient (Wildman–Crippen LogP) is 3.33. The second-order valence-corrected chi connectivity index (χ2v) is 6.37. The summed E-state index contributed by atoms with van der Waals surface area (Å²) >= 11 is 1.81. The number of thiophene rings is 1. The van der Waals surface area contributed by atoms with Gasteiger partial charge in [0.1, 0.15) is 6.04 Å². The summed E-state index contributed by atoms with van der Waals surface area (Å²) in [7, 11) is 1.47. The van der Waals surface area contributed by atoms with E-state index in [1.165, 1.54) is 17.6 Å². The Morgan fingerprint density at radius 1 is 1.33 bits per heavy atom. The highest BCUT2D eigenvalue weighted by molar-refractivity contribution is 7.10. The average Bonchev–Trinajstić information content (AvgIpc) is 2.97. The molecule has 0 N–H and O–H groups in total. The molecule has 0 amide bonds. The summed E-state index contributed by atoms with van der Waals surface area (Å²) in [5.41, 5.74) is 3.51. The van der Waals surface area contributed by atoms with Crippen molar-refractivity contribution < 1.29 is 9.53 Å². The van der Waals surface area contributed by atoms with Gasteiger partial charge in [-0.15, -0.1) is 11.3 Å². The molecule has 1 aromatic carbocycles. The number of hydrogen-bond acceptors (Lipinski definition) is 4. The summed E-state index contributed by atoms with van der Waals surface area (Å²) in [5.74, 6) is -0.178. The van der Waals surface area contributed by atoms with Gasteiger partial charge in [-0.3, -0.25) is 4.90 Å². The SMILES string of the molecule is COC(=O)[C@H](c1ccccc1C)N1CCc2sccc2C1. The lowest BCUT2D eigenvalue weighted by Crippen LogP contribution is -2.38. The number of nitrogens with zero attached hydrogens (tertiary/aromatic N) is 1. The van der Waals surface area contributed by atoms with Crippen LogP contribution in [0, 0.1) is 6.92 Å². The van der Waals surface area contributed by atoms with E-state index in [1.807, 2.05) is 42.5 Å². The van der Waals surface area contributed by atoms with E-state index in [4.69, 9.17) is 4.74 Å². The zero-order valence-corrected chi connectivity index (χ0v) is 13.2. The van der Waals surface area contributed by atoms with E-state index >= 15 is 0 Å². The maximum Gasteiger partial charge on any atom is 0.327 e. The van der Waals surface area contributed by atoms with Gasteiger partial charge in [0.05, 0.1) is 7.11 Å². The summed E-state index contributed by atoms with van der Waals surface area (Å²) in [5, 5.41) is 2.13. The molecule has 0 aliphatic carbocycles. The fourth-order valence-electron chi connectivity index (χ4n) is 2.97. The Kier molecular flexibility index (Phi) is 4.08. The molecule has 1 aromatic heterocycles. The molecule has 0 bridgehead atoms. The molecule has 0 saturated heterocycles. The largest absolute Gasteiger partial charge is 0.468 e. The van der Waals surface area contributed by atoms with Gasteiger partial charge in [0.2, 0.25) is 0 Å². The van der Waals surface area contributed by atoms with Gasteiger partial charge in [-0.1, -0.05) is 24.3 Å². The number of carbonyl (C=O) groups is 1. The van der Waals surface area contributed by atoms with E-state index in [9.17, 15) is 4.79 Å². The molecule has 110 valence electrons. The molecule has 0 unspecified atom stereocenters. The lowest BCUT2D eigenvalue weighted by Gasteiger charge is -2.33. The number of aryl methyl sites for hydroxylation is 1. The summed E-state index contributed by atoms with van der Waals surface area (Å²) in [6.45, 7) is 3.75. The van der Waals surface area contributed by atoms with Crippen LogP contribution in [-0.2, 0) is 22.5 Å². The van der Waals surface area contributed by atoms with Crippen molar-refractivity contribution in [1.82, 2.24) is 4.90 Å². The molecular weight excluding hydrogens is 282 g/mol. The summed E-state index contributed by atoms with van der Waals surface area (Å²) in [6, 6.07) is 9.91. The van der Waals surface area contributed by atoms with E-state index in [-0.39, 0.29) is 12.0 Å². The third-order valence-corrected chi connectivity index (χ3v) is 5.13. The maximum absolute atomic E-state index is 12.4. The summed E-state index contributed by atoms with van der Waals surface area (Å²) < 4.78 is 5.07. The number of methoxy groups -OCH3 is 1. The highest BCUT2D eigenvalue weighted by atomic mass is 32.1. The van der Waals surface area contributed by atoms with Crippen molar-refractivity contribution in [2.45, 2.75) is 25.9 Å². The molecule has 3 rings (SSSR count). The van der Waals surface area contributed by atoms with Crippen molar-refractivity contribution in [3.05, 3.63) is 57.3 Å². The first-order chi connectivity index (χ1) is 10.2. The van der Waals surface area contributed by atoms with Gasteiger partial charge in [0.25, 0.3) is 0 Å². The first kappa shape index (κ1) is 14.3. The smallest absolute Gasteiger partial charge is 0.327 e. The number of rotatable bonds is 3. The van der Waals surface area contributed by atoms with E-state index in [2.05, 4.69) is 16.3 Å². The molecule has 0 spiro atoms. The zero-order valence-electron chi connectivity index (χ0n) is 12.3. The molecule has 1 aliphatic heterocycles. The third kappa shape index (κ3) is 2.74. The Bertz CT molecular complexity index is 650. The van der Waals surface area contributed by atoms with Crippen molar-refractivity contribution in [2.24, 2.45) is 0 Å². The van der Waals surface area contributed by atoms with E-state index in [1.54, 1.807) is 0 Å². The van der Waals surface area contributed by atoms with E-state index in [0.29, 0.717) is 0 Å². The number of esters is 1. The van der Waals surface area contributed by atoms with Crippen molar-refractivity contribution >= 4 is 17.3 Å². The van der Waals surface area contributed by atoms with Crippen molar-refractivity contribution in [3.63, 3.8) is 0 Å². The third-order valence-electron chi connectivity index (χ3n) is 4.11. The van der Waals surface area contributed by atoms with Crippen LogP contribution in [0.3, 0.4) is 0 Å². The fraction of sp³-hybridized carbons (Fsp3) is 0.353. The molecule has 0 saturated carbocycles. The zero-order chi connectivity index (χ0) is 14.8. The van der Waals surface area contributed by atoms with Gasteiger partial charge in [0.15, 0.2) is 0 Å². The van der Waals surface area contributed by atoms with Crippen LogP contribution in [0.4, 0.5) is 0 Å². The number of benzene rings is 1. The van der Waals surface area contributed by atoms with Gasteiger partial charge in [-0.05, 0) is 41.5 Å².